The molecule has 0 saturated carbocycles. The average Bonchev–Trinajstić information content (AvgIpc) is 2.12. The molecule has 88 valence electrons. The summed E-state index contributed by atoms with van der Waals surface area (Å²) in [7, 11) is 0. The van der Waals surface area contributed by atoms with E-state index in [9.17, 15) is 9.59 Å². The van der Waals surface area contributed by atoms with Gasteiger partial charge in [0.15, 0.2) is 0 Å². The number of nitrogens with one attached hydrogen (secondary N) is 1. The quantitative estimate of drug-likeness (QED) is 0.575. The van der Waals surface area contributed by atoms with Crippen LogP contribution in [0.4, 0.5) is 0 Å². The number of carboxylic acid groups (broad SMARTS) is 1. The topological polar surface area (TPSA) is 86.6 Å². The van der Waals surface area contributed by atoms with Crippen LogP contribution in [0.25, 0.3) is 0 Å². The Kier molecular flexibility index (Phi) is 6.70. The maximum absolute atomic E-state index is 11.2. The smallest absolute Gasteiger partial charge is 0.326 e. The summed E-state index contributed by atoms with van der Waals surface area (Å²) in [5.41, 5.74) is 0. The van der Waals surface area contributed by atoms with Gasteiger partial charge < -0.3 is 15.5 Å². The van der Waals surface area contributed by atoms with E-state index in [-0.39, 0.29) is 24.9 Å². The van der Waals surface area contributed by atoms with Gasteiger partial charge in [-0.15, -0.1) is 0 Å². The third kappa shape index (κ3) is 6.90. The van der Waals surface area contributed by atoms with Crippen molar-refractivity contribution in [2.75, 3.05) is 6.61 Å². The highest BCUT2D eigenvalue weighted by molar-refractivity contribution is 5.83. The lowest BCUT2D eigenvalue weighted by atomic mass is 10.0. The first kappa shape index (κ1) is 13.9. The van der Waals surface area contributed by atoms with Gasteiger partial charge in [0.1, 0.15) is 6.04 Å². The first-order valence-corrected chi connectivity index (χ1v) is 5.10. The number of hydrogen-bond donors (Lipinski definition) is 3. The third-order valence-electron chi connectivity index (χ3n) is 1.90. The van der Waals surface area contributed by atoms with Crippen LogP contribution in [0.3, 0.4) is 0 Å². The number of carbonyl (C=O) groups excluding carboxylic acids is 1. The maximum atomic E-state index is 11.2. The van der Waals surface area contributed by atoms with Gasteiger partial charge >= 0.3 is 5.97 Å². The fourth-order valence-corrected chi connectivity index (χ4v) is 1.20. The van der Waals surface area contributed by atoms with E-state index in [1.807, 2.05) is 13.8 Å². The minimum atomic E-state index is -1.01. The lowest BCUT2D eigenvalue weighted by Crippen LogP contribution is -2.41. The van der Waals surface area contributed by atoms with Gasteiger partial charge in [-0.1, -0.05) is 13.8 Å². The van der Waals surface area contributed by atoms with Gasteiger partial charge in [0, 0.05) is 13.0 Å². The van der Waals surface area contributed by atoms with E-state index in [1.54, 1.807) is 0 Å². The summed E-state index contributed by atoms with van der Waals surface area (Å²) in [4.78, 5) is 22.0. The molecule has 5 heteroatoms. The van der Waals surface area contributed by atoms with Crippen LogP contribution >= 0.6 is 0 Å². The molecule has 5 nitrogen and oxygen atoms in total. The first-order valence-electron chi connectivity index (χ1n) is 5.10. The Morgan fingerprint density at radius 3 is 2.33 bits per heavy atom. The van der Waals surface area contributed by atoms with Crippen molar-refractivity contribution in [1.29, 1.82) is 0 Å². The fourth-order valence-electron chi connectivity index (χ4n) is 1.20. The molecular formula is C10H19NO4. The van der Waals surface area contributed by atoms with Crippen molar-refractivity contribution in [1.82, 2.24) is 5.32 Å². The Morgan fingerprint density at radius 2 is 1.93 bits per heavy atom. The minimum Gasteiger partial charge on any atom is -0.480 e. The van der Waals surface area contributed by atoms with Gasteiger partial charge in [0.05, 0.1) is 0 Å². The van der Waals surface area contributed by atoms with Gasteiger partial charge in [0.25, 0.3) is 0 Å². The monoisotopic (exact) mass is 217 g/mol. The van der Waals surface area contributed by atoms with E-state index >= 15 is 0 Å². The van der Waals surface area contributed by atoms with Gasteiger partial charge in [-0.05, 0) is 18.8 Å². The number of aliphatic hydroxyl groups excluding tert-OH is 1. The molecule has 0 aromatic rings. The summed E-state index contributed by atoms with van der Waals surface area (Å²) in [5.74, 6) is -1.12. The van der Waals surface area contributed by atoms with Crippen molar-refractivity contribution < 1.29 is 19.8 Å². The van der Waals surface area contributed by atoms with Crippen LogP contribution in [-0.2, 0) is 9.59 Å². The van der Waals surface area contributed by atoms with Gasteiger partial charge in [0.2, 0.25) is 5.91 Å². The zero-order valence-electron chi connectivity index (χ0n) is 9.19. The Hall–Kier alpha value is -1.10. The summed E-state index contributed by atoms with van der Waals surface area (Å²) < 4.78 is 0. The van der Waals surface area contributed by atoms with Crippen LogP contribution in [0.5, 0.6) is 0 Å². The summed E-state index contributed by atoms with van der Waals surface area (Å²) >= 11 is 0. The molecule has 0 fully saturated rings. The predicted molar refractivity (Wildman–Crippen MR) is 55.3 cm³/mol. The number of carbonyl (C=O) groups is 2. The Bertz CT molecular complexity index is 215. The molecule has 0 saturated heterocycles. The Labute approximate surface area is 89.5 Å². The molecule has 1 atom stereocenters. The molecule has 0 aliphatic carbocycles. The van der Waals surface area contributed by atoms with E-state index in [2.05, 4.69) is 5.32 Å². The number of carboxylic acids is 1. The lowest BCUT2D eigenvalue weighted by molar-refractivity contribution is -0.142. The van der Waals surface area contributed by atoms with Crippen LogP contribution in [0.1, 0.15) is 33.1 Å². The maximum Gasteiger partial charge on any atom is 0.326 e. The molecule has 3 N–H and O–H groups in total. The van der Waals surface area contributed by atoms with E-state index in [1.165, 1.54) is 0 Å². The van der Waals surface area contributed by atoms with Crippen molar-refractivity contribution in [2.24, 2.45) is 5.92 Å². The second-order valence-corrected chi connectivity index (χ2v) is 3.92. The molecule has 0 aromatic heterocycles. The van der Waals surface area contributed by atoms with E-state index in [0.29, 0.717) is 12.8 Å². The molecule has 1 amide bonds. The normalized spacial score (nSPS) is 12.5. The van der Waals surface area contributed by atoms with E-state index in [4.69, 9.17) is 10.2 Å². The lowest BCUT2D eigenvalue weighted by Gasteiger charge is -2.16. The van der Waals surface area contributed by atoms with Crippen LogP contribution in [0.15, 0.2) is 0 Å². The van der Waals surface area contributed by atoms with Gasteiger partial charge in [-0.3, -0.25) is 4.79 Å². The summed E-state index contributed by atoms with van der Waals surface area (Å²) in [5, 5.41) is 19.8. The van der Waals surface area contributed by atoms with Crippen LogP contribution in [-0.4, -0.2) is 34.7 Å². The highest BCUT2D eigenvalue weighted by atomic mass is 16.4. The number of aliphatic carboxylic acids is 1. The minimum absolute atomic E-state index is 0.0602. The van der Waals surface area contributed by atoms with Crippen LogP contribution in [0.2, 0.25) is 0 Å². The molecule has 0 heterocycles. The molecule has 0 aliphatic heterocycles. The van der Waals surface area contributed by atoms with Crippen molar-refractivity contribution >= 4 is 11.9 Å². The zero-order chi connectivity index (χ0) is 11.8. The Balaban J connectivity index is 4.05. The van der Waals surface area contributed by atoms with Crippen molar-refractivity contribution in [3.05, 3.63) is 0 Å². The highest BCUT2D eigenvalue weighted by Crippen LogP contribution is 2.05. The Morgan fingerprint density at radius 1 is 1.33 bits per heavy atom. The fraction of sp³-hybridized carbons (Fsp3) is 0.800. The molecule has 0 spiro atoms. The predicted octanol–water partition coefficient (Wildman–Crippen LogP) is 0.374. The SMILES string of the molecule is CC(C)C[C@H](NC(=O)CCCO)C(=O)O. The summed E-state index contributed by atoms with van der Waals surface area (Å²) in [6.07, 6.45) is 0.943. The van der Waals surface area contributed by atoms with Crippen LogP contribution in [0, 0.1) is 5.92 Å². The number of hydrogen-bond acceptors (Lipinski definition) is 3. The van der Waals surface area contributed by atoms with Crippen molar-refractivity contribution in [3.8, 4) is 0 Å². The molecule has 0 unspecified atom stereocenters. The molecular weight excluding hydrogens is 198 g/mol. The molecule has 0 aromatic carbocycles. The summed E-state index contributed by atoms with van der Waals surface area (Å²) in [6, 6.07) is -0.823. The molecule has 0 aliphatic rings. The second kappa shape index (κ2) is 7.23. The number of rotatable bonds is 7. The molecule has 15 heavy (non-hydrogen) atoms. The molecule has 0 rings (SSSR count). The second-order valence-electron chi connectivity index (χ2n) is 3.92. The van der Waals surface area contributed by atoms with Crippen LogP contribution < -0.4 is 5.32 Å². The standard InChI is InChI=1S/C10H19NO4/c1-7(2)6-8(10(14)15)11-9(13)4-3-5-12/h7-8,12H,3-6H2,1-2H3,(H,11,13)(H,14,15)/t8-/m0/s1. The largest absolute Gasteiger partial charge is 0.480 e. The first-order chi connectivity index (χ1) is 6.97. The van der Waals surface area contributed by atoms with Crippen molar-refractivity contribution in [3.63, 3.8) is 0 Å². The number of amides is 1. The van der Waals surface area contributed by atoms with Gasteiger partial charge in [-0.25, -0.2) is 4.79 Å². The average molecular weight is 217 g/mol. The number of aliphatic hydroxyl groups is 1. The molecule has 0 radical (unpaired) electrons. The van der Waals surface area contributed by atoms with E-state index < -0.39 is 12.0 Å². The van der Waals surface area contributed by atoms with E-state index in [0.717, 1.165) is 0 Å². The molecule has 0 bridgehead atoms. The highest BCUT2D eigenvalue weighted by Gasteiger charge is 2.20. The van der Waals surface area contributed by atoms with Gasteiger partial charge in [-0.2, -0.15) is 0 Å². The third-order valence-corrected chi connectivity index (χ3v) is 1.90. The van der Waals surface area contributed by atoms with Crippen molar-refractivity contribution in [2.45, 2.75) is 39.2 Å². The summed E-state index contributed by atoms with van der Waals surface area (Å²) in [6.45, 7) is 3.74. The zero-order valence-corrected chi connectivity index (χ0v) is 9.19.